The summed E-state index contributed by atoms with van der Waals surface area (Å²) in [6.07, 6.45) is 0. The van der Waals surface area contributed by atoms with E-state index in [9.17, 15) is 0 Å². The number of nitrogens with zero attached hydrogens (tertiary/aromatic N) is 1. The molecule has 0 spiro atoms. The van der Waals surface area contributed by atoms with Crippen molar-refractivity contribution in [1.82, 2.24) is 4.57 Å². The SMILES string of the molecule is Cc1ccc2c(c1)sc1cc(-n3c4ccccc4c4cc5ccccc5cc43)ccc12. The van der Waals surface area contributed by atoms with E-state index in [0.29, 0.717) is 0 Å². The lowest BCUT2D eigenvalue weighted by molar-refractivity contribution is 1.19. The first kappa shape index (κ1) is 17.1. The number of rotatable bonds is 1. The van der Waals surface area contributed by atoms with Crippen LogP contribution in [0.3, 0.4) is 0 Å². The Balaban J connectivity index is 1.59. The van der Waals surface area contributed by atoms with E-state index in [1.807, 2.05) is 11.3 Å². The third-order valence-corrected chi connectivity index (χ3v) is 7.53. The van der Waals surface area contributed by atoms with Crippen molar-refractivity contribution in [2.24, 2.45) is 0 Å². The fourth-order valence-electron chi connectivity index (χ4n) is 4.95. The molecule has 0 bridgehead atoms. The van der Waals surface area contributed by atoms with Crippen molar-refractivity contribution in [2.75, 3.05) is 0 Å². The summed E-state index contributed by atoms with van der Waals surface area (Å²) in [4.78, 5) is 0. The van der Waals surface area contributed by atoms with Crippen molar-refractivity contribution < 1.29 is 0 Å². The minimum Gasteiger partial charge on any atom is -0.309 e. The molecule has 146 valence electrons. The van der Waals surface area contributed by atoms with Crippen LogP contribution in [0.5, 0.6) is 0 Å². The van der Waals surface area contributed by atoms with Gasteiger partial charge in [0.05, 0.1) is 11.0 Å². The Hall–Kier alpha value is -3.62. The Morgan fingerprint density at radius 1 is 0.548 bits per heavy atom. The van der Waals surface area contributed by atoms with Gasteiger partial charge in [0, 0.05) is 36.6 Å². The molecule has 0 aliphatic carbocycles. The Morgan fingerprint density at radius 3 is 2.13 bits per heavy atom. The largest absolute Gasteiger partial charge is 0.309 e. The average molecular weight is 414 g/mol. The topological polar surface area (TPSA) is 4.93 Å². The zero-order valence-electron chi connectivity index (χ0n) is 17.1. The summed E-state index contributed by atoms with van der Waals surface area (Å²) in [6, 6.07) is 35.7. The Kier molecular flexibility index (Phi) is 3.42. The van der Waals surface area contributed by atoms with Gasteiger partial charge in [-0.1, -0.05) is 60.7 Å². The maximum absolute atomic E-state index is 2.42. The van der Waals surface area contributed by atoms with Crippen molar-refractivity contribution >= 4 is 64.1 Å². The molecule has 2 heterocycles. The van der Waals surface area contributed by atoms with E-state index in [0.717, 1.165) is 0 Å². The summed E-state index contributed by atoms with van der Waals surface area (Å²) in [7, 11) is 0. The third-order valence-electron chi connectivity index (χ3n) is 6.41. The minimum absolute atomic E-state index is 1.22. The van der Waals surface area contributed by atoms with E-state index >= 15 is 0 Å². The van der Waals surface area contributed by atoms with Gasteiger partial charge in [0.2, 0.25) is 0 Å². The summed E-state index contributed by atoms with van der Waals surface area (Å²) < 4.78 is 5.12. The average Bonchev–Trinajstić information content (AvgIpc) is 3.31. The summed E-state index contributed by atoms with van der Waals surface area (Å²) in [5.41, 5.74) is 5.05. The van der Waals surface area contributed by atoms with Crippen LogP contribution in [-0.2, 0) is 0 Å². The van der Waals surface area contributed by atoms with E-state index in [1.54, 1.807) is 0 Å². The van der Waals surface area contributed by atoms with Crippen molar-refractivity contribution in [1.29, 1.82) is 0 Å². The van der Waals surface area contributed by atoms with E-state index in [4.69, 9.17) is 0 Å². The maximum atomic E-state index is 2.42. The smallest absolute Gasteiger partial charge is 0.0547 e. The van der Waals surface area contributed by atoms with Crippen LogP contribution in [0.2, 0.25) is 0 Å². The van der Waals surface area contributed by atoms with Crippen LogP contribution in [0.1, 0.15) is 5.56 Å². The van der Waals surface area contributed by atoms with Gasteiger partial charge in [-0.05, 0) is 59.7 Å². The molecule has 0 saturated carbocycles. The Bertz CT molecular complexity index is 1800. The third kappa shape index (κ3) is 2.43. The van der Waals surface area contributed by atoms with E-state index in [-0.39, 0.29) is 0 Å². The van der Waals surface area contributed by atoms with E-state index in [1.165, 1.54) is 64.0 Å². The van der Waals surface area contributed by atoms with E-state index in [2.05, 4.69) is 109 Å². The van der Waals surface area contributed by atoms with Crippen LogP contribution in [0.4, 0.5) is 0 Å². The first-order valence-electron chi connectivity index (χ1n) is 10.6. The summed E-state index contributed by atoms with van der Waals surface area (Å²) in [5.74, 6) is 0. The molecule has 0 unspecified atom stereocenters. The molecule has 0 atom stereocenters. The first-order chi connectivity index (χ1) is 15.3. The van der Waals surface area contributed by atoms with Gasteiger partial charge < -0.3 is 4.57 Å². The van der Waals surface area contributed by atoms with Gasteiger partial charge >= 0.3 is 0 Å². The highest BCUT2D eigenvalue weighted by Gasteiger charge is 2.14. The molecular weight excluding hydrogens is 394 g/mol. The summed E-state index contributed by atoms with van der Waals surface area (Å²) in [6.45, 7) is 2.16. The lowest BCUT2D eigenvalue weighted by atomic mass is 10.1. The van der Waals surface area contributed by atoms with Crippen molar-refractivity contribution in [2.45, 2.75) is 6.92 Å². The molecular formula is C29H19NS. The zero-order valence-corrected chi connectivity index (χ0v) is 17.9. The Labute approximate surface area is 183 Å². The maximum Gasteiger partial charge on any atom is 0.0547 e. The standard InChI is InChI=1S/C29H19NS/c1-18-10-12-23-24-13-11-21(17-29(24)31-28(23)14-18)30-26-9-5-4-8-22(26)25-15-19-6-2-3-7-20(19)16-27(25)30/h2-17H,1H3. The number of hydrogen-bond acceptors (Lipinski definition) is 1. The number of aromatic nitrogens is 1. The van der Waals surface area contributed by atoms with Crippen molar-refractivity contribution in [3.63, 3.8) is 0 Å². The number of para-hydroxylation sites is 1. The highest BCUT2D eigenvalue weighted by molar-refractivity contribution is 7.25. The quantitative estimate of drug-likeness (QED) is 0.254. The predicted octanol–water partition coefficient (Wildman–Crippen LogP) is 8.61. The van der Waals surface area contributed by atoms with Crippen LogP contribution >= 0.6 is 11.3 Å². The molecule has 7 rings (SSSR count). The second kappa shape index (κ2) is 6.19. The van der Waals surface area contributed by atoms with Crippen molar-refractivity contribution in [3.8, 4) is 5.69 Å². The number of thiophene rings is 1. The molecule has 0 N–H and O–H groups in total. The molecule has 1 nitrogen and oxygen atoms in total. The molecule has 0 aliphatic rings. The fraction of sp³-hybridized carbons (Fsp3) is 0.0345. The molecule has 2 aromatic heterocycles. The van der Waals surface area contributed by atoms with Crippen LogP contribution in [0.15, 0.2) is 97.1 Å². The van der Waals surface area contributed by atoms with Gasteiger partial charge in [0.25, 0.3) is 0 Å². The lowest BCUT2D eigenvalue weighted by Gasteiger charge is -2.09. The molecule has 7 aromatic rings. The number of hydrogen-bond donors (Lipinski definition) is 0. The minimum atomic E-state index is 1.22. The van der Waals surface area contributed by atoms with Crippen LogP contribution in [-0.4, -0.2) is 4.57 Å². The molecule has 0 amide bonds. The van der Waals surface area contributed by atoms with Crippen LogP contribution in [0.25, 0.3) is 58.4 Å². The molecule has 0 fully saturated rings. The summed E-state index contributed by atoms with van der Waals surface area (Å²) >= 11 is 1.89. The molecule has 0 radical (unpaired) electrons. The van der Waals surface area contributed by atoms with Gasteiger partial charge in [-0.15, -0.1) is 11.3 Å². The number of fused-ring (bicyclic) bond motifs is 7. The van der Waals surface area contributed by atoms with Gasteiger partial charge in [-0.3, -0.25) is 0 Å². The predicted molar refractivity (Wildman–Crippen MR) is 136 cm³/mol. The second-order valence-electron chi connectivity index (χ2n) is 8.35. The van der Waals surface area contributed by atoms with Gasteiger partial charge in [-0.2, -0.15) is 0 Å². The Morgan fingerprint density at radius 2 is 1.26 bits per heavy atom. The highest BCUT2D eigenvalue weighted by Crippen LogP contribution is 2.38. The highest BCUT2D eigenvalue weighted by atomic mass is 32.1. The first-order valence-corrected chi connectivity index (χ1v) is 11.4. The normalized spacial score (nSPS) is 12.0. The number of aryl methyl sites for hydroxylation is 1. The molecule has 5 aromatic carbocycles. The molecule has 31 heavy (non-hydrogen) atoms. The number of benzene rings is 5. The van der Waals surface area contributed by atoms with Gasteiger partial charge in [-0.25, -0.2) is 0 Å². The summed E-state index contributed by atoms with van der Waals surface area (Å²) in [5, 5.41) is 7.86. The monoisotopic (exact) mass is 413 g/mol. The molecule has 0 saturated heterocycles. The van der Waals surface area contributed by atoms with Crippen LogP contribution < -0.4 is 0 Å². The molecule has 0 aliphatic heterocycles. The second-order valence-corrected chi connectivity index (χ2v) is 9.43. The van der Waals surface area contributed by atoms with Gasteiger partial charge in [0.1, 0.15) is 0 Å². The zero-order chi connectivity index (χ0) is 20.5. The molecule has 2 heteroatoms. The lowest BCUT2D eigenvalue weighted by Crippen LogP contribution is -1.93. The van der Waals surface area contributed by atoms with E-state index < -0.39 is 0 Å². The van der Waals surface area contributed by atoms with Crippen LogP contribution in [0, 0.1) is 6.92 Å². The van der Waals surface area contributed by atoms with Gasteiger partial charge in [0.15, 0.2) is 0 Å². The van der Waals surface area contributed by atoms with Crippen molar-refractivity contribution in [3.05, 3.63) is 103 Å². The fourth-order valence-corrected chi connectivity index (χ4v) is 6.18.